The number of aromatic nitrogens is 1. The van der Waals surface area contributed by atoms with E-state index in [0.29, 0.717) is 11.3 Å². The second kappa shape index (κ2) is 4.69. The molecule has 3 rings (SSSR count). The van der Waals surface area contributed by atoms with Gasteiger partial charge in [0.15, 0.2) is 0 Å². The maximum absolute atomic E-state index is 11.2. The van der Waals surface area contributed by atoms with Crippen molar-refractivity contribution in [1.29, 1.82) is 0 Å². The van der Waals surface area contributed by atoms with E-state index in [1.165, 1.54) is 6.07 Å². The topological polar surface area (TPSA) is 106 Å². The summed E-state index contributed by atoms with van der Waals surface area (Å²) in [4.78, 5) is 26.1. The second-order valence-electron chi connectivity index (χ2n) is 5.04. The molecule has 7 nitrogen and oxygen atoms in total. The molecule has 1 saturated carbocycles. The van der Waals surface area contributed by atoms with E-state index in [9.17, 15) is 20.0 Å². The first-order valence-corrected chi connectivity index (χ1v) is 6.47. The van der Waals surface area contributed by atoms with E-state index >= 15 is 0 Å². The van der Waals surface area contributed by atoms with Crippen LogP contribution in [0.1, 0.15) is 40.6 Å². The summed E-state index contributed by atoms with van der Waals surface area (Å²) in [5.41, 5.74) is 1.09. The van der Waals surface area contributed by atoms with Gasteiger partial charge in [-0.2, -0.15) is 0 Å². The number of rotatable bonds is 4. The summed E-state index contributed by atoms with van der Waals surface area (Å²) in [6.07, 6.45) is 1.73. The van der Waals surface area contributed by atoms with Crippen LogP contribution < -0.4 is 0 Å². The predicted molar refractivity (Wildman–Crippen MR) is 72.3 cm³/mol. The quantitative estimate of drug-likeness (QED) is 0.684. The van der Waals surface area contributed by atoms with Gasteiger partial charge in [-0.15, -0.1) is 0 Å². The number of carbonyl (C=O) groups is 1. The van der Waals surface area contributed by atoms with Crippen molar-refractivity contribution < 1.29 is 19.2 Å². The fourth-order valence-corrected chi connectivity index (χ4v) is 2.31. The Labute approximate surface area is 119 Å². The van der Waals surface area contributed by atoms with Gasteiger partial charge in [0.25, 0.3) is 5.69 Å². The highest BCUT2D eigenvalue weighted by Crippen LogP contribution is 2.43. The summed E-state index contributed by atoms with van der Waals surface area (Å²) in [7, 11) is 0. The van der Waals surface area contributed by atoms with Gasteiger partial charge in [0.1, 0.15) is 5.56 Å². The van der Waals surface area contributed by atoms with E-state index < -0.39 is 10.9 Å². The number of carboxylic acid groups (broad SMARTS) is 1. The molecule has 1 aliphatic carbocycles. The molecule has 1 heterocycles. The van der Waals surface area contributed by atoms with Crippen molar-refractivity contribution in [1.82, 2.24) is 4.98 Å². The van der Waals surface area contributed by atoms with Crippen LogP contribution in [0.3, 0.4) is 0 Å². The lowest BCUT2D eigenvalue weighted by Gasteiger charge is -2.02. The van der Waals surface area contributed by atoms with Crippen LogP contribution in [-0.2, 0) is 0 Å². The van der Waals surface area contributed by atoms with E-state index in [-0.39, 0.29) is 28.8 Å². The molecule has 108 valence electrons. The maximum Gasteiger partial charge on any atom is 0.373 e. The number of nitro groups is 1. The van der Waals surface area contributed by atoms with E-state index in [4.69, 9.17) is 4.42 Å². The molecule has 0 saturated heterocycles. The second-order valence-corrected chi connectivity index (χ2v) is 5.04. The lowest BCUT2D eigenvalue weighted by molar-refractivity contribution is -0.384. The molecule has 2 aromatic rings. The summed E-state index contributed by atoms with van der Waals surface area (Å²) in [5.74, 6) is -1.34. The third-order valence-corrected chi connectivity index (χ3v) is 3.47. The van der Waals surface area contributed by atoms with Gasteiger partial charge in [0, 0.05) is 12.0 Å². The first kappa shape index (κ1) is 13.3. The molecular formula is C14H12N2O5. The molecule has 0 radical (unpaired) electrons. The van der Waals surface area contributed by atoms with E-state index in [1.807, 2.05) is 0 Å². The minimum atomic E-state index is -1.20. The Morgan fingerprint density at radius 3 is 2.76 bits per heavy atom. The third-order valence-electron chi connectivity index (χ3n) is 3.47. The molecule has 0 amide bonds. The van der Waals surface area contributed by atoms with Gasteiger partial charge in [0.2, 0.25) is 11.7 Å². The highest BCUT2D eigenvalue weighted by atomic mass is 16.6. The van der Waals surface area contributed by atoms with Crippen molar-refractivity contribution >= 4 is 11.7 Å². The molecule has 0 spiro atoms. The number of oxazole rings is 1. The van der Waals surface area contributed by atoms with Crippen LogP contribution in [0.25, 0.3) is 11.5 Å². The minimum absolute atomic E-state index is 0.000833. The third kappa shape index (κ3) is 2.26. The molecule has 0 atom stereocenters. The molecule has 21 heavy (non-hydrogen) atoms. The highest BCUT2D eigenvalue weighted by molar-refractivity contribution is 5.87. The fourth-order valence-electron chi connectivity index (χ4n) is 2.31. The van der Waals surface area contributed by atoms with Crippen molar-refractivity contribution in [2.45, 2.75) is 25.7 Å². The molecule has 1 aromatic carbocycles. The van der Waals surface area contributed by atoms with Gasteiger partial charge < -0.3 is 9.52 Å². The molecule has 7 heteroatoms. The Morgan fingerprint density at radius 1 is 1.48 bits per heavy atom. The van der Waals surface area contributed by atoms with Crippen molar-refractivity contribution in [3.05, 3.63) is 45.3 Å². The van der Waals surface area contributed by atoms with Gasteiger partial charge in [0.05, 0.1) is 10.6 Å². The Kier molecular flexibility index (Phi) is 2.97. The maximum atomic E-state index is 11.2. The number of nitrogens with zero attached hydrogens (tertiary/aromatic N) is 2. The number of aromatic carboxylic acids is 1. The first-order chi connectivity index (χ1) is 9.99. The molecule has 0 unspecified atom stereocenters. The van der Waals surface area contributed by atoms with Crippen LogP contribution in [-0.4, -0.2) is 21.0 Å². The summed E-state index contributed by atoms with van der Waals surface area (Å²) < 4.78 is 5.32. The van der Waals surface area contributed by atoms with Crippen molar-refractivity contribution in [2.24, 2.45) is 0 Å². The van der Waals surface area contributed by atoms with Crippen molar-refractivity contribution in [3.63, 3.8) is 0 Å². The number of benzene rings is 1. The average molecular weight is 288 g/mol. The zero-order chi connectivity index (χ0) is 15.1. The number of hydrogen-bond donors (Lipinski definition) is 1. The standard InChI is InChI=1S/C14H12N2O5/c1-7-3-2-4-9(16(19)20)10(7)13-15-11(8-5-6-8)12(21-13)14(17)18/h2-4,8H,5-6H2,1H3,(H,17,18). The monoisotopic (exact) mass is 288 g/mol. The Bertz CT molecular complexity index is 746. The lowest BCUT2D eigenvalue weighted by atomic mass is 10.1. The SMILES string of the molecule is Cc1cccc([N+](=O)[O-])c1-c1nc(C2CC2)c(C(=O)O)o1. The Balaban J connectivity index is 2.19. The number of aryl methyl sites for hydroxylation is 1. The zero-order valence-electron chi connectivity index (χ0n) is 11.2. The smallest absolute Gasteiger partial charge is 0.373 e. The molecular weight excluding hydrogens is 276 g/mol. The van der Waals surface area contributed by atoms with Crippen LogP contribution >= 0.6 is 0 Å². The highest BCUT2D eigenvalue weighted by Gasteiger charge is 2.35. The van der Waals surface area contributed by atoms with E-state index in [2.05, 4.69) is 4.98 Å². The number of carboxylic acids is 1. The zero-order valence-corrected chi connectivity index (χ0v) is 11.2. The van der Waals surface area contributed by atoms with E-state index in [0.717, 1.165) is 12.8 Å². The summed E-state index contributed by atoms with van der Waals surface area (Å²) >= 11 is 0. The predicted octanol–water partition coefficient (Wildman–Crippen LogP) is 3.13. The minimum Gasteiger partial charge on any atom is -0.475 e. The van der Waals surface area contributed by atoms with Crippen molar-refractivity contribution in [2.75, 3.05) is 0 Å². The molecule has 1 aromatic heterocycles. The van der Waals surface area contributed by atoms with Gasteiger partial charge >= 0.3 is 5.97 Å². The Hall–Kier alpha value is -2.70. The van der Waals surface area contributed by atoms with Gasteiger partial charge in [-0.05, 0) is 25.3 Å². The molecule has 1 aliphatic rings. The molecule has 1 N–H and O–H groups in total. The lowest BCUT2D eigenvalue weighted by Crippen LogP contribution is -1.98. The van der Waals surface area contributed by atoms with Crippen LogP contribution in [0.5, 0.6) is 0 Å². The van der Waals surface area contributed by atoms with Crippen LogP contribution in [0.4, 0.5) is 5.69 Å². The largest absolute Gasteiger partial charge is 0.475 e. The normalized spacial score (nSPS) is 14.1. The van der Waals surface area contributed by atoms with Gasteiger partial charge in [-0.25, -0.2) is 9.78 Å². The summed E-state index contributed by atoms with van der Waals surface area (Å²) in [6, 6.07) is 4.62. The molecule has 1 fully saturated rings. The van der Waals surface area contributed by atoms with Crippen LogP contribution in [0.15, 0.2) is 22.6 Å². The fraction of sp³-hybridized carbons (Fsp3) is 0.286. The van der Waals surface area contributed by atoms with Crippen molar-refractivity contribution in [3.8, 4) is 11.5 Å². The van der Waals surface area contributed by atoms with Gasteiger partial charge in [-0.1, -0.05) is 12.1 Å². The molecule has 0 bridgehead atoms. The first-order valence-electron chi connectivity index (χ1n) is 6.47. The Morgan fingerprint density at radius 2 is 2.19 bits per heavy atom. The van der Waals surface area contributed by atoms with E-state index in [1.54, 1.807) is 19.1 Å². The molecule has 0 aliphatic heterocycles. The summed E-state index contributed by atoms with van der Waals surface area (Å²) in [6.45, 7) is 1.70. The van der Waals surface area contributed by atoms with Crippen LogP contribution in [0, 0.1) is 17.0 Å². The van der Waals surface area contributed by atoms with Crippen LogP contribution in [0.2, 0.25) is 0 Å². The average Bonchev–Trinajstić information content (AvgIpc) is 3.17. The van der Waals surface area contributed by atoms with Gasteiger partial charge in [-0.3, -0.25) is 10.1 Å². The number of hydrogen-bond acceptors (Lipinski definition) is 5. The summed E-state index contributed by atoms with van der Waals surface area (Å²) in [5, 5.41) is 20.3. The number of nitro benzene ring substituents is 1.